The Morgan fingerprint density at radius 1 is 1.25 bits per heavy atom. The Hall–Kier alpha value is -2.99. The first-order valence-electron chi connectivity index (χ1n) is 9.49. The van der Waals surface area contributed by atoms with E-state index in [9.17, 15) is 9.18 Å². The van der Waals surface area contributed by atoms with Gasteiger partial charge in [-0.2, -0.15) is 0 Å². The fraction of sp³-hybridized carbons (Fsp3) is 0.273. The largest absolute Gasteiger partial charge is 0.384 e. The molecule has 1 aliphatic heterocycles. The quantitative estimate of drug-likeness (QED) is 0.646. The molecular weight excluding hydrogens is 355 g/mol. The van der Waals surface area contributed by atoms with Gasteiger partial charge in [0.05, 0.1) is 0 Å². The van der Waals surface area contributed by atoms with Gasteiger partial charge in [0, 0.05) is 34.1 Å². The number of aromatic nitrogens is 1. The third-order valence-corrected chi connectivity index (χ3v) is 5.34. The molecule has 144 valence electrons. The minimum absolute atomic E-state index is 0.0133. The molecule has 0 radical (unpaired) electrons. The van der Waals surface area contributed by atoms with Gasteiger partial charge in [-0.15, -0.1) is 0 Å². The van der Waals surface area contributed by atoms with Crippen LogP contribution in [0.25, 0.3) is 21.9 Å². The lowest BCUT2D eigenvalue weighted by atomic mass is 9.95. The van der Waals surface area contributed by atoms with Crippen LogP contribution >= 0.6 is 0 Å². The summed E-state index contributed by atoms with van der Waals surface area (Å²) in [5.41, 5.74) is 8.57. The summed E-state index contributed by atoms with van der Waals surface area (Å²) < 4.78 is 14.6. The maximum Gasteiger partial charge on any atom is 0.227 e. The number of fused-ring (bicyclic) bond motifs is 1. The van der Waals surface area contributed by atoms with Crippen LogP contribution in [0.5, 0.6) is 0 Å². The normalized spacial score (nSPS) is 14.9. The average molecular weight is 378 g/mol. The van der Waals surface area contributed by atoms with Crippen molar-refractivity contribution in [2.24, 2.45) is 5.92 Å². The molecule has 2 aromatic carbocycles. The molecule has 1 fully saturated rings. The number of carbonyl (C=O) groups is 1. The molecule has 1 saturated heterocycles. The molecule has 1 aromatic heterocycles. The molecule has 1 amide bonds. The number of nitrogens with zero attached hydrogens (tertiary/aromatic N) is 1. The number of nitrogens with two attached hydrogens (primary N) is 1. The van der Waals surface area contributed by atoms with Gasteiger partial charge in [-0.1, -0.05) is 12.1 Å². The summed E-state index contributed by atoms with van der Waals surface area (Å²) in [6.07, 6.45) is 3.27. The van der Waals surface area contributed by atoms with Gasteiger partial charge in [0.15, 0.2) is 0 Å². The predicted octanol–water partition coefficient (Wildman–Crippen LogP) is 3.87. The standard InChI is InChI=1S/C22H23FN4O/c1-13-3-2-4-18(23)21(13)15-9-16-12-26-20(24)11-17(16)19(10-15)27-22(28)14-5-7-25-8-6-14/h2-4,9-12,14,25H,5-8H2,1H3,(H2,24,26)(H,27,28). The van der Waals surface area contributed by atoms with E-state index in [0.29, 0.717) is 22.6 Å². The highest BCUT2D eigenvalue weighted by Gasteiger charge is 2.22. The highest BCUT2D eigenvalue weighted by molar-refractivity contribution is 6.05. The van der Waals surface area contributed by atoms with Crippen molar-refractivity contribution in [1.82, 2.24) is 10.3 Å². The lowest BCUT2D eigenvalue weighted by Gasteiger charge is -2.22. The van der Waals surface area contributed by atoms with Crippen LogP contribution in [0.4, 0.5) is 15.9 Å². The third-order valence-electron chi connectivity index (χ3n) is 5.34. The van der Waals surface area contributed by atoms with Crippen molar-refractivity contribution in [2.45, 2.75) is 19.8 Å². The highest BCUT2D eigenvalue weighted by Crippen LogP contribution is 2.34. The lowest BCUT2D eigenvalue weighted by molar-refractivity contribution is -0.120. The molecule has 0 saturated carbocycles. The molecule has 28 heavy (non-hydrogen) atoms. The minimum atomic E-state index is -0.293. The topological polar surface area (TPSA) is 80.0 Å². The number of hydrogen-bond donors (Lipinski definition) is 3. The number of piperidine rings is 1. The average Bonchev–Trinajstić information content (AvgIpc) is 2.69. The molecule has 3 aromatic rings. The minimum Gasteiger partial charge on any atom is -0.384 e. The number of carbonyl (C=O) groups excluding carboxylic acids is 1. The first kappa shape index (κ1) is 18.4. The number of anilines is 2. The van der Waals surface area contributed by atoms with Gasteiger partial charge in [-0.05, 0) is 68.2 Å². The number of amides is 1. The number of benzene rings is 2. The Morgan fingerprint density at radius 2 is 2.04 bits per heavy atom. The summed E-state index contributed by atoms with van der Waals surface area (Å²) >= 11 is 0. The van der Waals surface area contributed by atoms with E-state index in [1.807, 2.05) is 25.1 Å². The first-order valence-corrected chi connectivity index (χ1v) is 9.49. The maximum atomic E-state index is 14.6. The molecule has 4 N–H and O–H groups in total. The zero-order valence-corrected chi connectivity index (χ0v) is 15.8. The van der Waals surface area contributed by atoms with Crippen molar-refractivity contribution in [2.75, 3.05) is 24.1 Å². The van der Waals surface area contributed by atoms with E-state index in [1.165, 1.54) is 6.07 Å². The fourth-order valence-corrected chi connectivity index (χ4v) is 3.84. The number of halogens is 1. The Bertz CT molecular complexity index is 1020. The van der Waals surface area contributed by atoms with Crippen LogP contribution in [0.2, 0.25) is 0 Å². The maximum absolute atomic E-state index is 14.6. The number of nitrogen functional groups attached to an aromatic ring is 1. The molecule has 6 heteroatoms. The summed E-state index contributed by atoms with van der Waals surface area (Å²) in [6, 6.07) is 10.5. The molecule has 0 atom stereocenters. The van der Waals surface area contributed by atoms with Crippen molar-refractivity contribution < 1.29 is 9.18 Å². The second-order valence-corrected chi connectivity index (χ2v) is 7.30. The number of aryl methyl sites for hydroxylation is 1. The van der Waals surface area contributed by atoms with E-state index in [4.69, 9.17) is 5.73 Å². The Balaban J connectivity index is 1.81. The van der Waals surface area contributed by atoms with Crippen LogP contribution in [-0.2, 0) is 4.79 Å². The molecule has 0 spiro atoms. The van der Waals surface area contributed by atoms with Crippen molar-refractivity contribution in [3.05, 3.63) is 54.0 Å². The van der Waals surface area contributed by atoms with Crippen LogP contribution in [0, 0.1) is 18.7 Å². The monoisotopic (exact) mass is 378 g/mol. The summed E-state index contributed by atoms with van der Waals surface area (Å²) in [7, 11) is 0. The van der Waals surface area contributed by atoms with Gasteiger partial charge in [-0.3, -0.25) is 4.79 Å². The van der Waals surface area contributed by atoms with Crippen LogP contribution in [-0.4, -0.2) is 24.0 Å². The Labute approximate surface area is 163 Å². The molecule has 0 bridgehead atoms. The zero-order chi connectivity index (χ0) is 19.7. The molecule has 0 unspecified atom stereocenters. The van der Waals surface area contributed by atoms with Crippen LogP contribution < -0.4 is 16.4 Å². The summed E-state index contributed by atoms with van der Waals surface area (Å²) in [5.74, 6) is 0.0352. The molecule has 4 rings (SSSR count). The van der Waals surface area contributed by atoms with Crippen molar-refractivity contribution in [3.63, 3.8) is 0 Å². The SMILES string of the molecule is Cc1cccc(F)c1-c1cc(NC(=O)C2CCNCC2)c2cc(N)ncc2c1. The van der Waals surface area contributed by atoms with Gasteiger partial charge in [0.25, 0.3) is 0 Å². The Morgan fingerprint density at radius 3 is 2.79 bits per heavy atom. The predicted molar refractivity (Wildman–Crippen MR) is 111 cm³/mol. The van der Waals surface area contributed by atoms with Crippen LogP contribution in [0.15, 0.2) is 42.6 Å². The van der Waals surface area contributed by atoms with Crippen molar-refractivity contribution >= 4 is 28.2 Å². The highest BCUT2D eigenvalue weighted by atomic mass is 19.1. The van der Waals surface area contributed by atoms with E-state index >= 15 is 0 Å². The first-order chi connectivity index (χ1) is 13.5. The van der Waals surface area contributed by atoms with E-state index < -0.39 is 0 Å². The van der Waals surface area contributed by atoms with E-state index in [1.54, 1.807) is 18.3 Å². The molecule has 0 aliphatic carbocycles. The summed E-state index contributed by atoms with van der Waals surface area (Å²) in [4.78, 5) is 17.0. The van der Waals surface area contributed by atoms with Gasteiger partial charge >= 0.3 is 0 Å². The molecule has 2 heterocycles. The van der Waals surface area contributed by atoms with Gasteiger partial charge in [0.1, 0.15) is 11.6 Å². The lowest BCUT2D eigenvalue weighted by Crippen LogP contribution is -2.34. The molecule has 5 nitrogen and oxygen atoms in total. The van der Waals surface area contributed by atoms with Gasteiger partial charge < -0.3 is 16.4 Å². The van der Waals surface area contributed by atoms with Gasteiger partial charge in [0.2, 0.25) is 5.91 Å². The molecular formula is C22H23FN4O. The second kappa shape index (κ2) is 7.56. The summed E-state index contributed by atoms with van der Waals surface area (Å²) in [5, 5.41) is 7.93. The number of pyridine rings is 1. The van der Waals surface area contributed by atoms with Crippen LogP contribution in [0.1, 0.15) is 18.4 Å². The summed E-state index contributed by atoms with van der Waals surface area (Å²) in [6.45, 7) is 3.55. The van der Waals surface area contributed by atoms with E-state index in [-0.39, 0.29) is 17.6 Å². The van der Waals surface area contributed by atoms with E-state index in [0.717, 1.165) is 42.3 Å². The van der Waals surface area contributed by atoms with E-state index in [2.05, 4.69) is 15.6 Å². The number of rotatable bonds is 3. The smallest absolute Gasteiger partial charge is 0.227 e. The number of nitrogens with one attached hydrogen (secondary N) is 2. The Kier molecular flexibility index (Phi) is 4.96. The van der Waals surface area contributed by atoms with Crippen molar-refractivity contribution in [1.29, 1.82) is 0 Å². The fourth-order valence-electron chi connectivity index (χ4n) is 3.84. The zero-order valence-electron chi connectivity index (χ0n) is 15.8. The third kappa shape index (κ3) is 3.55. The van der Waals surface area contributed by atoms with Gasteiger partial charge in [-0.25, -0.2) is 9.37 Å². The van der Waals surface area contributed by atoms with Crippen LogP contribution in [0.3, 0.4) is 0 Å². The number of hydrogen-bond acceptors (Lipinski definition) is 4. The molecule has 1 aliphatic rings. The van der Waals surface area contributed by atoms with Crippen molar-refractivity contribution in [3.8, 4) is 11.1 Å². The second-order valence-electron chi connectivity index (χ2n) is 7.30.